The number of halogens is 1. The summed E-state index contributed by atoms with van der Waals surface area (Å²) in [7, 11) is 0. The van der Waals surface area contributed by atoms with Crippen LogP contribution in [-0.4, -0.2) is 25.7 Å². The third kappa shape index (κ3) is 18.0. The van der Waals surface area contributed by atoms with E-state index in [4.69, 9.17) is 0 Å². The van der Waals surface area contributed by atoms with E-state index < -0.39 is 4.25 Å². The van der Waals surface area contributed by atoms with Crippen molar-refractivity contribution in [1.82, 2.24) is 0 Å². The van der Waals surface area contributed by atoms with Crippen LogP contribution in [0.4, 0.5) is 0 Å². The Morgan fingerprint density at radius 3 is 1.00 bits per heavy atom. The summed E-state index contributed by atoms with van der Waals surface area (Å²) < 4.78 is -1.37. The monoisotopic (exact) mass is 470 g/mol. The third-order valence-electron chi connectivity index (χ3n) is 5.40. The van der Waals surface area contributed by atoms with Crippen molar-refractivity contribution in [1.29, 1.82) is 0 Å². The Labute approximate surface area is 168 Å². The predicted molar refractivity (Wildman–Crippen MR) is 128 cm³/mol. The van der Waals surface area contributed by atoms with Gasteiger partial charge in [0.25, 0.3) is 0 Å². The van der Waals surface area contributed by atoms with E-state index in [9.17, 15) is 0 Å². The summed E-state index contributed by atoms with van der Waals surface area (Å²) in [4.78, 5) is 0. The molecule has 0 heterocycles. The summed E-state index contributed by atoms with van der Waals surface area (Å²) in [6.07, 6.45) is 26.4. The maximum atomic E-state index is 2.90. The van der Waals surface area contributed by atoms with Gasteiger partial charge in [0.15, 0.2) is 0 Å². The Kier molecular flexibility index (Phi) is 16.0. The molecule has 0 amide bonds. The van der Waals surface area contributed by atoms with Crippen molar-refractivity contribution in [3.05, 3.63) is 0 Å². The van der Waals surface area contributed by atoms with E-state index in [0.29, 0.717) is 0 Å². The summed E-state index contributed by atoms with van der Waals surface area (Å²) in [5.74, 6) is 0. The van der Waals surface area contributed by atoms with Crippen LogP contribution in [0.5, 0.6) is 0 Å². The second-order valence-corrected chi connectivity index (χ2v) is 24.7. The van der Waals surface area contributed by atoms with Crippen LogP contribution >= 0.6 is 26.3 Å². The van der Waals surface area contributed by atoms with Crippen molar-refractivity contribution in [2.45, 2.75) is 117 Å². The van der Waals surface area contributed by atoms with Crippen molar-refractivity contribution in [3.63, 3.8) is 0 Å². The summed E-state index contributed by atoms with van der Waals surface area (Å²) >= 11 is 2.90. The zero-order valence-electron chi connectivity index (χ0n) is 17.6. The molecule has 0 aromatic carbocycles. The van der Waals surface area contributed by atoms with Crippen molar-refractivity contribution in [3.8, 4) is 0 Å². The molecule has 0 unspecified atom stereocenters. The van der Waals surface area contributed by atoms with Gasteiger partial charge in [-0.05, 0) is 0 Å². The fourth-order valence-electron chi connectivity index (χ4n) is 3.58. The van der Waals surface area contributed by atoms with Crippen LogP contribution in [0.2, 0.25) is 0 Å². The molecule has 0 aliphatic rings. The van der Waals surface area contributed by atoms with E-state index in [-0.39, 0.29) is 0 Å². The Morgan fingerprint density at radius 1 is 0.458 bits per heavy atom. The number of rotatable bonds is 18. The molecule has 2 heteroatoms. The number of hydrogen-bond acceptors (Lipinski definition) is 0. The van der Waals surface area contributed by atoms with Crippen LogP contribution in [0.15, 0.2) is 0 Å². The molecule has 0 aromatic rings. The number of unbranched alkanes of at least 4 members (excludes halogenated alkanes) is 14. The Balaban J connectivity index is 3.56. The molecule has 0 N–H and O–H groups in total. The fraction of sp³-hybridized carbons (Fsp3) is 1.00. The normalized spacial score (nSPS) is 13.8. The van der Waals surface area contributed by atoms with Gasteiger partial charge in [-0.3, -0.25) is 0 Å². The second-order valence-electron chi connectivity index (χ2n) is 8.91. The van der Waals surface area contributed by atoms with Gasteiger partial charge < -0.3 is 0 Å². The SMILES string of the molecule is CCCCCCCCCCP(C)(C)(I)CCCCCCCCCC. The molecule has 24 heavy (non-hydrogen) atoms. The van der Waals surface area contributed by atoms with Gasteiger partial charge in [-0.2, -0.15) is 0 Å². The Hall–Kier alpha value is 1.16. The molecular formula is C22H48IP. The van der Waals surface area contributed by atoms with E-state index >= 15 is 0 Å². The van der Waals surface area contributed by atoms with Crippen molar-refractivity contribution in [2.24, 2.45) is 0 Å². The van der Waals surface area contributed by atoms with Crippen molar-refractivity contribution in [2.75, 3.05) is 25.7 Å². The Bertz CT molecular complexity index is 243. The van der Waals surface area contributed by atoms with E-state index in [1.165, 1.54) is 115 Å². The van der Waals surface area contributed by atoms with Crippen LogP contribution < -0.4 is 0 Å². The van der Waals surface area contributed by atoms with E-state index in [1.54, 1.807) is 0 Å². The van der Waals surface area contributed by atoms with Crippen molar-refractivity contribution >= 4 is 26.3 Å². The van der Waals surface area contributed by atoms with Gasteiger partial charge >= 0.3 is 169 Å². The molecule has 0 nitrogen and oxygen atoms in total. The van der Waals surface area contributed by atoms with Gasteiger partial charge in [0.2, 0.25) is 0 Å². The molecular weight excluding hydrogens is 422 g/mol. The van der Waals surface area contributed by atoms with E-state index in [0.717, 1.165) is 0 Å². The predicted octanol–water partition coefficient (Wildman–Crippen LogP) is 9.43. The average molecular weight is 471 g/mol. The van der Waals surface area contributed by atoms with Gasteiger partial charge in [0.1, 0.15) is 0 Å². The molecule has 0 saturated heterocycles. The van der Waals surface area contributed by atoms with Crippen LogP contribution in [0.1, 0.15) is 117 Å². The van der Waals surface area contributed by atoms with Crippen LogP contribution in [0, 0.1) is 0 Å². The first-order valence-corrected chi connectivity index (χ1v) is 17.4. The third-order valence-corrected chi connectivity index (χ3v) is 11.7. The van der Waals surface area contributed by atoms with Crippen LogP contribution in [0.25, 0.3) is 0 Å². The summed E-state index contributed by atoms with van der Waals surface area (Å²) in [6, 6.07) is 0. The van der Waals surface area contributed by atoms with Crippen LogP contribution in [-0.2, 0) is 0 Å². The zero-order valence-corrected chi connectivity index (χ0v) is 20.6. The first-order chi connectivity index (χ1) is 11.4. The second kappa shape index (κ2) is 15.2. The molecule has 0 spiro atoms. The molecule has 0 atom stereocenters. The number of hydrogen-bond donors (Lipinski definition) is 0. The molecule has 148 valence electrons. The van der Waals surface area contributed by atoms with Gasteiger partial charge in [-0.25, -0.2) is 0 Å². The standard InChI is InChI=1S/C22H48IP/c1-5-7-9-11-13-15-17-19-21-24(3,4,23)22-20-18-16-14-12-10-8-6-2/h5-22H2,1-4H3. The van der Waals surface area contributed by atoms with Gasteiger partial charge in [-0.1, -0.05) is 0 Å². The van der Waals surface area contributed by atoms with E-state index in [2.05, 4.69) is 49.2 Å². The zero-order chi connectivity index (χ0) is 18.2. The molecule has 0 aliphatic heterocycles. The van der Waals surface area contributed by atoms with Gasteiger partial charge in [0.05, 0.1) is 0 Å². The van der Waals surface area contributed by atoms with Gasteiger partial charge in [0, 0.05) is 0 Å². The first kappa shape index (κ1) is 25.2. The molecule has 0 aliphatic carbocycles. The molecule has 0 bridgehead atoms. The van der Waals surface area contributed by atoms with Gasteiger partial charge in [-0.15, -0.1) is 0 Å². The average Bonchev–Trinajstić information content (AvgIpc) is 2.52. The molecule has 0 rings (SSSR count). The summed E-state index contributed by atoms with van der Waals surface area (Å²) in [5, 5.41) is 0. The molecule has 0 saturated carbocycles. The first-order valence-electron chi connectivity index (χ1n) is 11.1. The molecule has 0 aromatic heterocycles. The quantitative estimate of drug-likeness (QED) is 0.106. The molecule has 0 radical (unpaired) electrons. The minimum atomic E-state index is -1.37. The van der Waals surface area contributed by atoms with Crippen molar-refractivity contribution < 1.29 is 0 Å². The topological polar surface area (TPSA) is 0 Å². The maximum absolute atomic E-state index is 2.90. The molecule has 0 fully saturated rings. The summed E-state index contributed by atoms with van der Waals surface area (Å²) in [6.45, 7) is 9.88. The minimum absolute atomic E-state index is 1.37. The van der Waals surface area contributed by atoms with E-state index in [1.807, 2.05) is 0 Å². The fourth-order valence-corrected chi connectivity index (χ4v) is 8.25. The summed E-state index contributed by atoms with van der Waals surface area (Å²) in [5.41, 5.74) is 0. The van der Waals surface area contributed by atoms with Crippen LogP contribution in [0.3, 0.4) is 0 Å². The Morgan fingerprint density at radius 2 is 0.708 bits per heavy atom.